The smallest absolute Gasteiger partial charge is 0.326 e. The highest BCUT2D eigenvalue weighted by Crippen LogP contribution is 2.01. The van der Waals surface area contributed by atoms with Crippen molar-refractivity contribution in [2.45, 2.75) is 38.1 Å². The molecule has 6 heteroatoms. The van der Waals surface area contributed by atoms with Gasteiger partial charge in [0.2, 0.25) is 5.91 Å². The molecule has 0 saturated heterocycles. The van der Waals surface area contributed by atoms with E-state index in [2.05, 4.69) is 16.0 Å². The van der Waals surface area contributed by atoms with E-state index in [1.165, 1.54) is 0 Å². The minimum absolute atomic E-state index is 0.187. The molecule has 2 N–H and O–H groups in total. The van der Waals surface area contributed by atoms with Gasteiger partial charge in [-0.1, -0.05) is 0 Å². The number of esters is 1. The summed E-state index contributed by atoms with van der Waals surface area (Å²) in [5.74, 6) is 0.0821. The Kier molecular flexibility index (Phi) is 8.03. The summed E-state index contributed by atoms with van der Waals surface area (Å²) in [6.45, 7) is 0. The largest absolute Gasteiger partial charge is 0.480 e. The summed E-state index contributed by atoms with van der Waals surface area (Å²) in [7, 11) is 1.16. The second-order valence-electron chi connectivity index (χ2n) is 3.65. The van der Waals surface area contributed by atoms with Gasteiger partial charge >= 0.3 is 11.9 Å². The summed E-state index contributed by atoms with van der Waals surface area (Å²) in [5.41, 5.74) is 0. The molecule has 0 aromatic carbocycles. The van der Waals surface area contributed by atoms with Gasteiger partial charge in [-0.15, -0.1) is 12.3 Å². The average molecular weight is 255 g/mol. The maximum absolute atomic E-state index is 11.4. The highest BCUT2D eigenvalue weighted by atomic mass is 16.5. The zero-order valence-corrected chi connectivity index (χ0v) is 10.3. The van der Waals surface area contributed by atoms with Gasteiger partial charge in [-0.05, 0) is 12.8 Å². The summed E-state index contributed by atoms with van der Waals surface area (Å²) in [6, 6.07) is -1.25. The first kappa shape index (κ1) is 16.0. The van der Waals surface area contributed by atoms with Gasteiger partial charge in [0.1, 0.15) is 6.04 Å². The lowest BCUT2D eigenvalue weighted by molar-refractivity contribution is -0.148. The monoisotopic (exact) mass is 255 g/mol. The van der Waals surface area contributed by atoms with Crippen LogP contribution in [0.15, 0.2) is 0 Å². The molecule has 0 spiro atoms. The Balaban J connectivity index is 4.09. The van der Waals surface area contributed by atoms with Gasteiger partial charge in [0.25, 0.3) is 0 Å². The minimum Gasteiger partial charge on any atom is -0.480 e. The van der Waals surface area contributed by atoms with E-state index in [0.717, 1.165) is 7.11 Å². The van der Waals surface area contributed by atoms with E-state index >= 15 is 0 Å². The molecule has 100 valence electrons. The predicted molar refractivity (Wildman–Crippen MR) is 63.5 cm³/mol. The third kappa shape index (κ3) is 7.28. The van der Waals surface area contributed by atoms with Crippen molar-refractivity contribution in [3.63, 3.8) is 0 Å². The number of terminal acetylenes is 1. The van der Waals surface area contributed by atoms with Crippen molar-refractivity contribution in [1.82, 2.24) is 5.32 Å². The number of carbonyl (C=O) groups excluding carboxylic acids is 2. The normalized spacial score (nSPS) is 11.1. The molecule has 0 aliphatic heterocycles. The number of unbranched alkanes of at least 4 members (excludes halogenated alkanes) is 2. The Morgan fingerprint density at radius 3 is 2.56 bits per heavy atom. The van der Waals surface area contributed by atoms with Crippen LogP contribution in [0, 0.1) is 12.3 Å². The average Bonchev–Trinajstić information content (AvgIpc) is 2.33. The highest BCUT2D eigenvalue weighted by Gasteiger charge is 2.23. The van der Waals surface area contributed by atoms with Gasteiger partial charge in [-0.2, -0.15) is 0 Å². The summed E-state index contributed by atoms with van der Waals surface area (Å²) in [5, 5.41) is 11.1. The molecule has 6 nitrogen and oxygen atoms in total. The van der Waals surface area contributed by atoms with Gasteiger partial charge in [-0.25, -0.2) is 4.79 Å². The van der Waals surface area contributed by atoms with Crippen LogP contribution >= 0.6 is 0 Å². The molecule has 0 aliphatic carbocycles. The molecular weight excluding hydrogens is 238 g/mol. The molecule has 0 rings (SSSR count). The van der Waals surface area contributed by atoms with E-state index in [9.17, 15) is 14.4 Å². The van der Waals surface area contributed by atoms with E-state index < -0.39 is 23.9 Å². The van der Waals surface area contributed by atoms with Crippen molar-refractivity contribution in [2.24, 2.45) is 0 Å². The third-order valence-electron chi connectivity index (χ3n) is 2.21. The molecule has 0 aromatic heterocycles. The molecule has 0 bridgehead atoms. The fourth-order valence-electron chi connectivity index (χ4n) is 1.23. The van der Waals surface area contributed by atoms with Crippen LogP contribution in [0.5, 0.6) is 0 Å². The lowest BCUT2D eigenvalue weighted by Gasteiger charge is -2.13. The lowest BCUT2D eigenvalue weighted by Crippen LogP contribution is -2.42. The van der Waals surface area contributed by atoms with E-state index in [1.807, 2.05) is 0 Å². The van der Waals surface area contributed by atoms with Crippen LogP contribution in [0.2, 0.25) is 0 Å². The van der Waals surface area contributed by atoms with E-state index in [0.29, 0.717) is 19.3 Å². The number of carboxylic acids is 1. The number of rotatable bonds is 8. The lowest BCUT2D eigenvalue weighted by atomic mass is 10.1. The molecule has 0 heterocycles. The number of aliphatic carboxylic acids is 1. The fourth-order valence-corrected chi connectivity index (χ4v) is 1.23. The maximum atomic E-state index is 11.4. The SMILES string of the molecule is C#CCCCCC(=O)N[C@@H](CC(=O)OC)C(=O)O. The van der Waals surface area contributed by atoms with Gasteiger partial charge in [0.15, 0.2) is 0 Å². The highest BCUT2D eigenvalue weighted by molar-refractivity contribution is 5.87. The Hall–Kier alpha value is -2.03. The van der Waals surface area contributed by atoms with Crippen molar-refractivity contribution < 1.29 is 24.2 Å². The number of hydrogen-bond acceptors (Lipinski definition) is 4. The zero-order chi connectivity index (χ0) is 14.0. The first-order valence-corrected chi connectivity index (χ1v) is 5.53. The molecule has 0 saturated carbocycles. The Bertz CT molecular complexity index is 345. The van der Waals surface area contributed by atoms with Crippen molar-refractivity contribution >= 4 is 17.8 Å². The quantitative estimate of drug-likeness (QED) is 0.370. The van der Waals surface area contributed by atoms with Crippen LogP contribution in [0.3, 0.4) is 0 Å². The second-order valence-corrected chi connectivity index (χ2v) is 3.65. The fraction of sp³-hybridized carbons (Fsp3) is 0.583. The molecule has 0 fully saturated rings. The molecule has 0 aromatic rings. The zero-order valence-electron chi connectivity index (χ0n) is 10.3. The molecular formula is C12H17NO5. The third-order valence-corrected chi connectivity index (χ3v) is 2.21. The van der Waals surface area contributed by atoms with E-state index in [1.54, 1.807) is 0 Å². The van der Waals surface area contributed by atoms with Crippen molar-refractivity contribution in [2.75, 3.05) is 7.11 Å². The summed E-state index contributed by atoms with van der Waals surface area (Å²) < 4.78 is 4.35. The first-order valence-electron chi connectivity index (χ1n) is 5.53. The molecule has 0 radical (unpaired) electrons. The van der Waals surface area contributed by atoms with Crippen LogP contribution in [0.25, 0.3) is 0 Å². The van der Waals surface area contributed by atoms with E-state index in [4.69, 9.17) is 11.5 Å². The number of carbonyl (C=O) groups is 3. The first-order chi connectivity index (χ1) is 8.51. The number of amides is 1. The molecule has 1 atom stereocenters. The molecule has 18 heavy (non-hydrogen) atoms. The number of hydrogen-bond donors (Lipinski definition) is 2. The predicted octanol–water partition coefficient (Wildman–Crippen LogP) is 0.312. The summed E-state index contributed by atoms with van der Waals surface area (Å²) in [4.78, 5) is 33.2. The molecule has 1 amide bonds. The van der Waals surface area contributed by atoms with Crippen molar-refractivity contribution in [1.29, 1.82) is 0 Å². The topological polar surface area (TPSA) is 92.7 Å². The van der Waals surface area contributed by atoms with Gasteiger partial charge in [0, 0.05) is 12.8 Å². The van der Waals surface area contributed by atoms with Gasteiger partial charge in [0.05, 0.1) is 13.5 Å². The maximum Gasteiger partial charge on any atom is 0.326 e. The van der Waals surface area contributed by atoms with Crippen LogP contribution in [-0.4, -0.2) is 36.1 Å². The van der Waals surface area contributed by atoms with Crippen molar-refractivity contribution in [3.8, 4) is 12.3 Å². The van der Waals surface area contributed by atoms with E-state index in [-0.39, 0.29) is 12.8 Å². The van der Waals surface area contributed by atoms with Crippen LogP contribution in [0.4, 0.5) is 0 Å². The van der Waals surface area contributed by atoms with Crippen LogP contribution < -0.4 is 5.32 Å². The molecule has 0 unspecified atom stereocenters. The second kappa shape index (κ2) is 9.05. The molecule has 0 aliphatic rings. The number of nitrogens with one attached hydrogen (secondary N) is 1. The Labute approximate surface area is 106 Å². The Morgan fingerprint density at radius 1 is 1.39 bits per heavy atom. The van der Waals surface area contributed by atoms with Gasteiger partial charge in [-0.3, -0.25) is 9.59 Å². The van der Waals surface area contributed by atoms with Crippen LogP contribution in [-0.2, 0) is 19.1 Å². The van der Waals surface area contributed by atoms with Crippen molar-refractivity contribution in [3.05, 3.63) is 0 Å². The standard InChI is InChI=1S/C12H17NO5/c1-3-4-5-6-7-10(14)13-9(12(16)17)8-11(15)18-2/h1,9H,4-8H2,2H3,(H,13,14)(H,16,17)/t9-/m0/s1. The Morgan fingerprint density at radius 2 is 2.06 bits per heavy atom. The summed E-state index contributed by atoms with van der Waals surface area (Å²) in [6.07, 6.45) is 6.73. The van der Waals surface area contributed by atoms with Crippen LogP contribution in [0.1, 0.15) is 32.1 Å². The number of carboxylic acid groups (broad SMARTS) is 1. The number of ether oxygens (including phenoxy) is 1. The van der Waals surface area contributed by atoms with Gasteiger partial charge < -0.3 is 15.2 Å². The summed E-state index contributed by atoms with van der Waals surface area (Å²) >= 11 is 0. The minimum atomic E-state index is -1.27. The number of methoxy groups -OCH3 is 1.